The second-order valence-electron chi connectivity index (χ2n) is 6.22. The van der Waals surface area contributed by atoms with Crippen LogP contribution in [0.5, 0.6) is 0 Å². The fourth-order valence-corrected chi connectivity index (χ4v) is 3.62. The molecular formula is C16H26BrN3. The number of halogens is 1. The Labute approximate surface area is 131 Å². The van der Waals surface area contributed by atoms with Crippen molar-refractivity contribution in [3.05, 3.63) is 33.8 Å². The van der Waals surface area contributed by atoms with E-state index in [1.807, 2.05) is 0 Å². The van der Waals surface area contributed by atoms with Crippen LogP contribution in [0, 0.1) is 12.8 Å². The second-order valence-corrected chi connectivity index (χ2v) is 7.08. The quantitative estimate of drug-likeness (QED) is 0.915. The number of hydrogen-bond donors (Lipinski definition) is 1. The third kappa shape index (κ3) is 3.25. The van der Waals surface area contributed by atoms with Crippen molar-refractivity contribution in [1.29, 1.82) is 0 Å². The lowest BCUT2D eigenvalue weighted by molar-refractivity contribution is 0.219. The van der Waals surface area contributed by atoms with E-state index in [0.29, 0.717) is 24.5 Å². The van der Waals surface area contributed by atoms with Crippen LogP contribution in [0.1, 0.15) is 24.1 Å². The largest absolute Gasteiger partial charge is 0.329 e. The van der Waals surface area contributed by atoms with Gasteiger partial charge in [0.2, 0.25) is 0 Å². The summed E-state index contributed by atoms with van der Waals surface area (Å²) in [6, 6.07) is 7.55. The van der Waals surface area contributed by atoms with E-state index in [-0.39, 0.29) is 0 Å². The zero-order valence-electron chi connectivity index (χ0n) is 12.9. The normalized spacial score (nSPS) is 25.4. The Morgan fingerprint density at radius 1 is 1.40 bits per heavy atom. The summed E-state index contributed by atoms with van der Waals surface area (Å²) in [5, 5.41) is 0. The van der Waals surface area contributed by atoms with Crippen molar-refractivity contribution in [2.24, 2.45) is 11.7 Å². The van der Waals surface area contributed by atoms with Crippen molar-refractivity contribution in [1.82, 2.24) is 9.80 Å². The molecule has 1 heterocycles. The first kappa shape index (κ1) is 16.0. The molecule has 1 aliphatic heterocycles. The van der Waals surface area contributed by atoms with Gasteiger partial charge in [0, 0.05) is 36.2 Å². The first-order valence-corrected chi connectivity index (χ1v) is 8.10. The van der Waals surface area contributed by atoms with Gasteiger partial charge in [0.25, 0.3) is 0 Å². The molecule has 1 aliphatic rings. The molecule has 0 amide bonds. The second kappa shape index (κ2) is 6.56. The van der Waals surface area contributed by atoms with Gasteiger partial charge in [0.1, 0.15) is 0 Å². The first-order valence-electron chi connectivity index (χ1n) is 7.30. The average Bonchev–Trinajstić information content (AvgIpc) is 2.77. The van der Waals surface area contributed by atoms with Gasteiger partial charge in [-0.25, -0.2) is 0 Å². The molecule has 3 nitrogen and oxygen atoms in total. The molecule has 1 fully saturated rings. The number of hydrogen-bond acceptors (Lipinski definition) is 3. The monoisotopic (exact) mass is 339 g/mol. The molecule has 0 saturated carbocycles. The highest BCUT2D eigenvalue weighted by atomic mass is 79.9. The number of nitrogens with zero attached hydrogens (tertiary/aromatic N) is 2. The van der Waals surface area contributed by atoms with Crippen LogP contribution in [-0.2, 0) is 0 Å². The van der Waals surface area contributed by atoms with E-state index in [2.05, 4.69) is 71.9 Å². The van der Waals surface area contributed by atoms with Crippen molar-refractivity contribution < 1.29 is 0 Å². The summed E-state index contributed by atoms with van der Waals surface area (Å²) in [7, 11) is 4.34. The maximum atomic E-state index is 6.07. The molecule has 0 bridgehead atoms. The molecule has 112 valence electrons. The highest BCUT2D eigenvalue weighted by Crippen LogP contribution is 2.30. The van der Waals surface area contributed by atoms with E-state index in [1.54, 1.807) is 0 Å². The van der Waals surface area contributed by atoms with Gasteiger partial charge in [-0.1, -0.05) is 35.0 Å². The lowest BCUT2D eigenvalue weighted by atomic mass is 10.0. The van der Waals surface area contributed by atoms with Crippen molar-refractivity contribution >= 4 is 15.9 Å². The van der Waals surface area contributed by atoms with Gasteiger partial charge in [-0.3, -0.25) is 4.90 Å². The summed E-state index contributed by atoms with van der Waals surface area (Å²) >= 11 is 3.63. The predicted octanol–water partition coefficient (Wildman–Crippen LogP) is 2.64. The number of benzene rings is 1. The third-order valence-corrected chi connectivity index (χ3v) is 5.36. The highest BCUT2D eigenvalue weighted by molar-refractivity contribution is 9.10. The molecule has 0 aliphatic carbocycles. The smallest absolute Gasteiger partial charge is 0.0471 e. The van der Waals surface area contributed by atoms with Crippen LogP contribution >= 0.6 is 15.9 Å². The fraction of sp³-hybridized carbons (Fsp3) is 0.625. The zero-order chi connectivity index (χ0) is 14.9. The van der Waals surface area contributed by atoms with Crippen LogP contribution in [-0.4, -0.2) is 49.6 Å². The van der Waals surface area contributed by atoms with Gasteiger partial charge in [-0.2, -0.15) is 0 Å². The van der Waals surface area contributed by atoms with Gasteiger partial charge in [0.15, 0.2) is 0 Å². The Balaban J connectivity index is 2.18. The minimum absolute atomic E-state index is 0.319. The van der Waals surface area contributed by atoms with Crippen LogP contribution in [0.25, 0.3) is 0 Å². The van der Waals surface area contributed by atoms with Crippen LogP contribution in [0.4, 0.5) is 0 Å². The standard InChI is InChI=1S/C16H26BrN3/c1-11-5-6-13(7-14(11)17)15(8-18)20-9-12(2)16(10-20)19(3)4/h5-7,12,15-16H,8-10,18H2,1-4H3. The fourth-order valence-electron chi connectivity index (χ4n) is 3.23. The van der Waals surface area contributed by atoms with Crippen molar-refractivity contribution in [3.63, 3.8) is 0 Å². The lowest BCUT2D eigenvalue weighted by Gasteiger charge is -2.28. The van der Waals surface area contributed by atoms with E-state index in [4.69, 9.17) is 5.73 Å². The summed E-state index contributed by atoms with van der Waals surface area (Å²) in [5.74, 6) is 0.688. The molecule has 1 saturated heterocycles. The summed E-state index contributed by atoms with van der Waals surface area (Å²) < 4.78 is 1.17. The van der Waals surface area contributed by atoms with Crippen LogP contribution < -0.4 is 5.73 Å². The van der Waals surface area contributed by atoms with Crippen molar-refractivity contribution in [3.8, 4) is 0 Å². The maximum Gasteiger partial charge on any atom is 0.0471 e. The maximum absolute atomic E-state index is 6.07. The average molecular weight is 340 g/mol. The lowest BCUT2D eigenvalue weighted by Crippen LogP contribution is -2.36. The molecule has 0 spiro atoms. The summed E-state index contributed by atoms with van der Waals surface area (Å²) in [6.45, 7) is 7.34. The van der Waals surface area contributed by atoms with Crippen molar-refractivity contribution in [2.45, 2.75) is 25.9 Å². The Morgan fingerprint density at radius 3 is 2.60 bits per heavy atom. The number of rotatable bonds is 4. The first-order chi connectivity index (χ1) is 9.43. The Hall–Kier alpha value is -0.420. The Kier molecular flexibility index (Phi) is 5.24. The summed E-state index contributed by atoms with van der Waals surface area (Å²) in [5.41, 5.74) is 8.65. The summed E-state index contributed by atoms with van der Waals surface area (Å²) in [6.07, 6.45) is 0. The van der Waals surface area contributed by atoms with Crippen LogP contribution in [0.15, 0.2) is 22.7 Å². The number of aryl methyl sites for hydroxylation is 1. The molecule has 2 N–H and O–H groups in total. The Morgan fingerprint density at radius 2 is 2.10 bits per heavy atom. The minimum atomic E-state index is 0.319. The van der Waals surface area contributed by atoms with Crippen LogP contribution in [0.3, 0.4) is 0 Å². The van der Waals surface area contributed by atoms with Gasteiger partial charge >= 0.3 is 0 Å². The van der Waals surface area contributed by atoms with Gasteiger partial charge < -0.3 is 10.6 Å². The highest BCUT2D eigenvalue weighted by Gasteiger charge is 2.34. The predicted molar refractivity (Wildman–Crippen MR) is 88.9 cm³/mol. The molecule has 1 aromatic rings. The number of nitrogens with two attached hydrogens (primary N) is 1. The number of likely N-dealkylation sites (tertiary alicyclic amines) is 1. The molecule has 1 aromatic carbocycles. The summed E-state index contributed by atoms with van der Waals surface area (Å²) in [4.78, 5) is 4.87. The molecule has 3 atom stereocenters. The SMILES string of the molecule is Cc1ccc(C(CN)N2CC(C)C(N(C)C)C2)cc1Br. The number of likely N-dealkylation sites (N-methyl/N-ethyl adjacent to an activating group) is 1. The molecule has 20 heavy (non-hydrogen) atoms. The van der Waals surface area contributed by atoms with Crippen molar-refractivity contribution in [2.75, 3.05) is 33.7 Å². The van der Waals surface area contributed by atoms with Crippen LogP contribution in [0.2, 0.25) is 0 Å². The third-order valence-electron chi connectivity index (χ3n) is 4.51. The molecular weight excluding hydrogens is 314 g/mol. The molecule has 0 aromatic heterocycles. The molecule has 0 radical (unpaired) electrons. The molecule has 3 unspecified atom stereocenters. The molecule has 4 heteroatoms. The molecule has 2 rings (SSSR count). The Bertz CT molecular complexity index is 461. The topological polar surface area (TPSA) is 32.5 Å². The van der Waals surface area contributed by atoms with Gasteiger partial charge in [-0.05, 0) is 44.1 Å². The van der Waals surface area contributed by atoms with E-state index in [9.17, 15) is 0 Å². The van der Waals surface area contributed by atoms with E-state index >= 15 is 0 Å². The van der Waals surface area contributed by atoms with E-state index in [0.717, 1.165) is 13.1 Å². The van der Waals surface area contributed by atoms with E-state index < -0.39 is 0 Å². The van der Waals surface area contributed by atoms with Gasteiger partial charge in [0.05, 0.1) is 0 Å². The minimum Gasteiger partial charge on any atom is -0.329 e. The van der Waals surface area contributed by atoms with E-state index in [1.165, 1.54) is 15.6 Å². The zero-order valence-corrected chi connectivity index (χ0v) is 14.5. The van der Waals surface area contributed by atoms with Gasteiger partial charge in [-0.15, -0.1) is 0 Å².